The average Bonchev–Trinajstić information content (AvgIpc) is 3.03. The van der Waals surface area contributed by atoms with Crippen LogP contribution >= 0.6 is 34.7 Å². The van der Waals surface area contributed by atoms with Gasteiger partial charge in [-0.25, -0.2) is 0 Å². The van der Waals surface area contributed by atoms with Crippen molar-refractivity contribution < 1.29 is 14.3 Å². The molecule has 134 valence electrons. The minimum Gasteiger partial charge on any atom is -0.468 e. The fourth-order valence-corrected chi connectivity index (χ4v) is 4.39. The van der Waals surface area contributed by atoms with Crippen molar-refractivity contribution >= 4 is 46.6 Å². The minimum atomic E-state index is -0.384. The summed E-state index contributed by atoms with van der Waals surface area (Å²) in [7, 11) is 1.36. The van der Waals surface area contributed by atoms with E-state index >= 15 is 0 Å². The highest BCUT2D eigenvalue weighted by molar-refractivity contribution is 8.00. The van der Waals surface area contributed by atoms with E-state index in [1.54, 1.807) is 17.9 Å². The van der Waals surface area contributed by atoms with Gasteiger partial charge in [0.2, 0.25) is 0 Å². The van der Waals surface area contributed by atoms with Gasteiger partial charge in [0.1, 0.15) is 5.25 Å². The molecule has 2 aromatic rings. The van der Waals surface area contributed by atoms with Crippen LogP contribution in [0.25, 0.3) is 0 Å². The van der Waals surface area contributed by atoms with Crippen molar-refractivity contribution in [2.45, 2.75) is 30.5 Å². The van der Waals surface area contributed by atoms with Crippen LogP contribution in [0.5, 0.6) is 0 Å². The maximum Gasteiger partial charge on any atom is 0.318 e. The van der Waals surface area contributed by atoms with Crippen LogP contribution in [0.3, 0.4) is 0 Å². The lowest BCUT2D eigenvalue weighted by Gasteiger charge is -2.22. The van der Waals surface area contributed by atoms with Gasteiger partial charge < -0.3 is 9.64 Å². The molecule has 0 aliphatic heterocycles. The van der Waals surface area contributed by atoms with E-state index in [-0.39, 0.29) is 17.1 Å². The van der Waals surface area contributed by atoms with Crippen molar-refractivity contribution in [3.63, 3.8) is 0 Å². The Morgan fingerprint density at radius 2 is 2.00 bits per heavy atom. The summed E-state index contributed by atoms with van der Waals surface area (Å²) >= 11 is 8.78. The molecule has 25 heavy (non-hydrogen) atoms. The molecule has 0 aliphatic rings. The molecule has 0 radical (unpaired) electrons. The van der Waals surface area contributed by atoms with Crippen molar-refractivity contribution in [3.8, 4) is 0 Å². The van der Waals surface area contributed by atoms with Gasteiger partial charge in [-0.05, 0) is 38.1 Å². The predicted molar refractivity (Wildman–Crippen MR) is 104 cm³/mol. The summed E-state index contributed by atoms with van der Waals surface area (Å²) in [6.45, 7) is 4.81. The van der Waals surface area contributed by atoms with E-state index in [1.807, 2.05) is 37.3 Å². The lowest BCUT2D eigenvalue weighted by molar-refractivity contribution is -0.139. The molecule has 0 N–H and O–H groups in total. The SMILES string of the molecule is CCN(Cc1ccc(Cl)s1)C(=O)c1ccccc1S[C@H](C)C(=O)OC. The number of carbonyl (C=O) groups excluding carboxylic acids is 2. The van der Waals surface area contributed by atoms with Gasteiger partial charge >= 0.3 is 5.97 Å². The molecule has 7 heteroatoms. The summed E-state index contributed by atoms with van der Waals surface area (Å²) in [5, 5.41) is -0.384. The fraction of sp³-hybridized carbons (Fsp3) is 0.333. The van der Waals surface area contributed by atoms with E-state index in [0.29, 0.717) is 23.0 Å². The molecule has 4 nitrogen and oxygen atoms in total. The number of amides is 1. The first kappa shape index (κ1) is 19.8. The number of carbonyl (C=O) groups is 2. The number of ether oxygens (including phenoxy) is 1. The van der Waals surface area contributed by atoms with Crippen molar-refractivity contribution in [3.05, 3.63) is 51.2 Å². The maximum atomic E-state index is 13.0. The molecule has 0 saturated carbocycles. The second-order valence-electron chi connectivity index (χ2n) is 5.30. The number of thioether (sulfide) groups is 1. The van der Waals surface area contributed by atoms with Crippen LogP contribution in [-0.4, -0.2) is 35.7 Å². The first-order valence-electron chi connectivity index (χ1n) is 7.83. The molecule has 0 spiro atoms. The van der Waals surface area contributed by atoms with Crippen LogP contribution in [0, 0.1) is 0 Å². The third-order valence-corrected chi connectivity index (χ3v) is 5.97. The van der Waals surface area contributed by atoms with Crippen molar-refractivity contribution in [1.82, 2.24) is 4.90 Å². The summed E-state index contributed by atoms with van der Waals surface area (Å²) < 4.78 is 5.48. The average molecular weight is 398 g/mol. The normalized spacial score (nSPS) is 11.8. The molecule has 0 saturated heterocycles. The first-order chi connectivity index (χ1) is 12.0. The van der Waals surface area contributed by atoms with Gasteiger partial charge in [0.05, 0.1) is 23.6 Å². The summed E-state index contributed by atoms with van der Waals surface area (Å²) in [6.07, 6.45) is 0. The molecular weight excluding hydrogens is 378 g/mol. The Morgan fingerprint density at radius 3 is 2.60 bits per heavy atom. The van der Waals surface area contributed by atoms with Crippen LogP contribution in [0.4, 0.5) is 0 Å². The molecule has 1 amide bonds. The number of thiophene rings is 1. The first-order valence-corrected chi connectivity index (χ1v) is 9.90. The van der Waals surface area contributed by atoms with Crippen LogP contribution < -0.4 is 0 Å². The lowest BCUT2D eigenvalue weighted by Crippen LogP contribution is -2.30. The van der Waals surface area contributed by atoms with E-state index in [4.69, 9.17) is 16.3 Å². The number of hydrogen-bond donors (Lipinski definition) is 0. The smallest absolute Gasteiger partial charge is 0.318 e. The molecule has 0 fully saturated rings. The quantitative estimate of drug-likeness (QED) is 0.501. The zero-order valence-corrected chi connectivity index (χ0v) is 16.7. The number of rotatable bonds is 7. The summed E-state index contributed by atoms with van der Waals surface area (Å²) in [6, 6.07) is 11.1. The maximum absolute atomic E-state index is 13.0. The molecule has 1 atom stereocenters. The van der Waals surface area contributed by atoms with E-state index in [9.17, 15) is 9.59 Å². The molecular formula is C18H20ClNO3S2. The highest BCUT2D eigenvalue weighted by Gasteiger charge is 2.22. The van der Waals surface area contributed by atoms with Crippen LogP contribution in [0.15, 0.2) is 41.3 Å². The number of nitrogens with zero attached hydrogens (tertiary/aromatic N) is 1. The van der Waals surface area contributed by atoms with Crippen LogP contribution in [0.1, 0.15) is 29.1 Å². The van der Waals surface area contributed by atoms with Crippen molar-refractivity contribution in [1.29, 1.82) is 0 Å². The summed E-state index contributed by atoms with van der Waals surface area (Å²) in [4.78, 5) is 28.3. The predicted octanol–water partition coefficient (Wildman–Crippen LogP) is 4.72. The third kappa shape index (κ3) is 5.23. The Kier molecular flexibility index (Phi) is 7.35. The Labute approximate surface area is 161 Å². The Morgan fingerprint density at radius 1 is 1.28 bits per heavy atom. The second-order valence-corrected chi connectivity index (χ2v) is 8.49. The largest absolute Gasteiger partial charge is 0.468 e. The number of halogens is 1. The summed E-state index contributed by atoms with van der Waals surface area (Å²) in [5.41, 5.74) is 0.591. The standard InChI is InChI=1S/C18H20ClNO3S2/c1-4-20(11-13-9-10-16(19)25-13)17(21)14-7-5-6-8-15(14)24-12(2)18(22)23-3/h5-10,12H,4,11H2,1-3H3/t12-/m1/s1. The Hall–Kier alpha value is -1.50. The number of hydrogen-bond acceptors (Lipinski definition) is 5. The summed E-state index contributed by atoms with van der Waals surface area (Å²) in [5.74, 6) is -0.375. The van der Waals surface area contributed by atoms with Gasteiger partial charge in [-0.2, -0.15) is 0 Å². The zero-order valence-electron chi connectivity index (χ0n) is 14.3. The second kappa shape index (κ2) is 9.27. The third-order valence-electron chi connectivity index (χ3n) is 3.60. The molecule has 1 heterocycles. The fourth-order valence-electron chi connectivity index (χ4n) is 2.27. The van der Waals surface area contributed by atoms with Gasteiger partial charge in [0.25, 0.3) is 5.91 Å². The molecule has 0 aliphatic carbocycles. The molecule has 1 aromatic heterocycles. The number of benzene rings is 1. The van der Waals surface area contributed by atoms with Gasteiger partial charge in [0.15, 0.2) is 0 Å². The highest BCUT2D eigenvalue weighted by Crippen LogP contribution is 2.29. The highest BCUT2D eigenvalue weighted by atomic mass is 35.5. The molecule has 2 rings (SSSR count). The molecule has 0 bridgehead atoms. The number of methoxy groups -OCH3 is 1. The minimum absolute atomic E-state index is 0.0628. The van der Waals surface area contributed by atoms with E-state index in [2.05, 4.69) is 0 Å². The topological polar surface area (TPSA) is 46.6 Å². The van der Waals surface area contributed by atoms with Gasteiger partial charge in [-0.15, -0.1) is 23.1 Å². The van der Waals surface area contributed by atoms with E-state index in [1.165, 1.54) is 30.2 Å². The van der Waals surface area contributed by atoms with Gasteiger partial charge in [-0.3, -0.25) is 9.59 Å². The van der Waals surface area contributed by atoms with Gasteiger partial charge in [-0.1, -0.05) is 23.7 Å². The Balaban J connectivity index is 2.20. The number of esters is 1. The van der Waals surface area contributed by atoms with Crippen molar-refractivity contribution in [2.75, 3.05) is 13.7 Å². The van der Waals surface area contributed by atoms with Gasteiger partial charge in [0, 0.05) is 16.3 Å². The molecule has 0 unspecified atom stereocenters. The van der Waals surface area contributed by atoms with Crippen molar-refractivity contribution in [2.24, 2.45) is 0 Å². The monoisotopic (exact) mass is 397 g/mol. The zero-order chi connectivity index (χ0) is 18.4. The van der Waals surface area contributed by atoms with E-state index in [0.717, 1.165) is 9.77 Å². The van der Waals surface area contributed by atoms with Crippen LogP contribution in [-0.2, 0) is 16.1 Å². The Bertz CT molecular complexity index is 747. The van der Waals surface area contributed by atoms with E-state index < -0.39 is 0 Å². The van der Waals surface area contributed by atoms with Crippen LogP contribution in [0.2, 0.25) is 4.34 Å². The molecule has 1 aromatic carbocycles. The lowest BCUT2D eigenvalue weighted by atomic mass is 10.2.